The van der Waals surface area contributed by atoms with Crippen molar-refractivity contribution in [2.45, 2.75) is 32.7 Å². The highest BCUT2D eigenvalue weighted by Crippen LogP contribution is 2.23. The highest BCUT2D eigenvalue weighted by molar-refractivity contribution is 7.13. The first-order chi connectivity index (χ1) is 11.3. The highest BCUT2D eigenvalue weighted by atomic mass is 32.1. The van der Waals surface area contributed by atoms with Gasteiger partial charge in [-0.3, -0.25) is 0 Å². The molecule has 0 radical (unpaired) electrons. The molecule has 0 spiro atoms. The number of anilines is 1. The molecule has 1 heterocycles. The zero-order chi connectivity index (χ0) is 15.9. The number of aryl methyl sites for hydroxylation is 1. The standard InChI is InChI=1S/C20H22N2S/c1-2-3-7-16-10-12-18(13-11-16)21-14-19-15-23-20(22-19)17-8-5-4-6-9-17/h4-6,8-13,15,21H,2-3,7,14H2,1H3. The predicted octanol–water partition coefficient (Wildman–Crippen LogP) is 5.76. The van der Waals surface area contributed by atoms with E-state index in [4.69, 9.17) is 4.98 Å². The predicted molar refractivity (Wildman–Crippen MR) is 99.9 cm³/mol. The van der Waals surface area contributed by atoms with Crippen LogP contribution in [0.4, 0.5) is 5.69 Å². The van der Waals surface area contributed by atoms with Gasteiger partial charge >= 0.3 is 0 Å². The Morgan fingerprint density at radius 2 is 1.78 bits per heavy atom. The SMILES string of the molecule is CCCCc1ccc(NCc2csc(-c3ccccc3)n2)cc1. The molecular formula is C20H22N2S. The molecule has 0 atom stereocenters. The van der Waals surface area contributed by atoms with Gasteiger partial charge < -0.3 is 5.32 Å². The Kier molecular flexibility index (Phi) is 5.43. The van der Waals surface area contributed by atoms with E-state index < -0.39 is 0 Å². The van der Waals surface area contributed by atoms with E-state index in [0.717, 1.165) is 22.9 Å². The zero-order valence-corrected chi connectivity index (χ0v) is 14.3. The molecule has 1 N–H and O–H groups in total. The largest absolute Gasteiger partial charge is 0.379 e. The summed E-state index contributed by atoms with van der Waals surface area (Å²) in [5.41, 5.74) is 4.84. The average Bonchev–Trinajstić information content (AvgIpc) is 3.09. The lowest BCUT2D eigenvalue weighted by atomic mass is 10.1. The molecule has 0 aliphatic carbocycles. The van der Waals surface area contributed by atoms with E-state index in [2.05, 4.69) is 66.2 Å². The molecule has 3 aromatic rings. The Labute approximate surface area is 142 Å². The normalized spacial score (nSPS) is 10.7. The van der Waals surface area contributed by atoms with Gasteiger partial charge in [-0.2, -0.15) is 0 Å². The van der Waals surface area contributed by atoms with Crippen molar-refractivity contribution in [3.05, 3.63) is 71.2 Å². The number of hydrogen-bond acceptors (Lipinski definition) is 3. The summed E-state index contributed by atoms with van der Waals surface area (Å²) in [5.74, 6) is 0. The molecule has 0 aliphatic rings. The minimum absolute atomic E-state index is 0.762. The second-order valence-corrected chi connectivity index (χ2v) is 6.52. The third-order valence-electron chi connectivity index (χ3n) is 3.82. The van der Waals surface area contributed by atoms with Gasteiger partial charge in [0.25, 0.3) is 0 Å². The van der Waals surface area contributed by atoms with Gasteiger partial charge in [-0.15, -0.1) is 11.3 Å². The summed E-state index contributed by atoms with van der Waals surface area (Å²) in [6.07, 6.45) is 3.67. The lowest BCUT2D eigenvalue weighted by Crippen LogP contribution is -1.99. The third kappa shape index (κ3) is 4.42. The van der Waals surface area contributed by atoms with E-state index >= 15 is 0 Å². The Hall–Kier alpha value is -2.13. The van der Waals surface area contributed by atoms with Gasteiger partial charge in [0.05, 0.1) is 12.2 Å². The number of aromatic nitrogens is 1. The van der Waals surface area contributed by atoms with Gasteiger partial charge in [-0.25, -0.2) is 4.98 Å². The Bertz CT molecular complexity index is 717. The Morgan fingerprint density at radius 1 is 1.00 bits per heavy atom. The number of rotatable bonds is 7. The number of benzene rings is 2. The van der Waals surface area contributed by atoms with E-state index in [1.165, 1.54) is 30.4 Å². The van der Waals surface area contributed by atoms with Gasteiger partial charge in [0.15, 0.2) is 0 Å². The van der Waals surface area contributed by atoms with Crippen LogP contribution >= 0.6 is 11.3 Å². The summed E-state index contributed by atoms with van der Waals surface area (Å²) < 4.78 is 0. The van der Waals surface area contributed by atoms with E-state index in [1.54, 1.807) is 11.3 Å². The molecule has 1 aromatic heterocycles. The molecule has 23 heavy (non-hydrogen) atoms. The van der Waals surface area contributed by atoms with Crippen LogP contribution in [-0.2, 0) is 13.0 Å². The molecule has 2 aromatic carbocycles. The Morgan fingerprint density at radius 3 is 2.52 bits per heavy atom. The molecule has 0 bridgehead atoms. The maximum Gasteiger partial charge on any atom is 0.123 e. The molecule has 0 unspecified atom stereocenters. The van der Waals surface area contributed by atoms with Gasteiger partial charge in [-0.05, 0) is 30.5 Å². The minimum Gasteiger partial charge on any atom is -0.379 e. The van der Waals surface area contributed by atoms with Crippen molar-refractivity contribution in [1.29, 1.82) is 0 Å². The van der Waals surface area contributed by atoms with Crippen molar-refractivity contribution in [3.8, 4) is 10.6 Å². The maximum atomic E-state index is 4.71. The smallest absolute Gasteiger partial charge is 0.123 e. The molecule has 2 nitrogen and oxygen atoms in total. The first-order valence-electron chi connectivity index (χ1n) is 8.18. The van der Waals surface area contributed by atoms with Crippen molar-refractivity contribution < 1.29 is 0 Å². The van der Waals surface area contributed by atoms with Crippen LogP contribution in [0, 0.1) is 0 Å². The fraction of sp³-hybridized carbons (Fsp3) is 0.250. The van der Waals surface area contributed by atoms with Gasteiger partial charge in [0.2, 0.25) is 0 Å². The molecular weight excluding hydrogens is 300 g/mol. The summed E-state index contributed by atoms with van der Waals surface area (Å²) in [6, 6.07) is 19.1. The quantitative estimate of drug-likeness (QED) is 0.597. The zero-order valence-electron chi connectivity index (χ0n) is 13.5. The monoisotopic (exact) mass is 322 g/mol. The lowest BCUT2D eigenvalue weighted by molar-refractivity contribution is 0.795. The molecule has 0 amide bonds. The molecule has 3 heteroatoms. The number of hydrogen-bond donors (Lipinski definition) is 1. The molecule has 118 valence electrons. The van der Waals surface area contributed by atoms with E-state index in [9.17, 15) is 0 Å². The number of unbranched alkanes of at least 4 members (excludes halogenated alkanes) is 1. The van der Waals surface area contributed by atoms with Crippen LogP contribution in [0.5, 0.6) is 0 Å². The molecule has 0 saturated heterocycles. The fourth-order valence-corrected chi connectivity index (χ4v) is 3.29. The summed E-state index contributed by atoms with van der Waals surface area (Å²) in [5, 5.41) is 6.66. The van der Waals surface area contributed by atoms with E-state index in [1.807, 2.05) is 6.07 Å². The van der Waals surface area contributed by atoms with Gasteiger partial charge in [-0.1, -0.05) is 55.8 Å². The van der Waals surface area contributed by atoms with Crippen LogP contribution in [0.15, 0.2) is 60.0 Å². The van der Waals surface area contributed by atoms with Crippen molar-refractivity contribution in [2.75, 3.05) is 5.32 Å². The summed E-state index contributed by atoms with van der Waals surface area (Å²) in [4.78, 5) is 4.71. The first kappa shape index (κ1) is 15.8. The van der Waals surface area contributed by atoms with Crippen molar-refractivity contribution in [1.82, 2.24) is 4.98 Å². The topological polar surface area (TPSA) is 24.9 Å². The summed E-state index contributed by atoms with van der Waals surface area (Å²) in [6.45, 7) is 2.99. The van der Waals surface area contributed by atoms with E-state index in [0.29, 0.717) is 0 Å². The molecule has 0 saturated carbocycles. The van der Waals surface area contributed by atoms with Crippen LogP contribution in [0.2, 0.25) is 0 Å². The van der Waals surface area contributed by atoms with Crippen molar-refractivity contribution >= 4 is 17.0 Å². The average molecular weight is 322 g/mol. The minimum atomic E-state index is 0.762. The van der Waals surface area contributed by atoms with Crippen LogP contribution in [0.3, 0.4) is 0 Å². The fourth-order valence-electron chi connectivity index (χ4n) is 2.46. The van der Waals surface area contributed by atoms with Crippen LogP contribution in [-0.4, -0.2) is 4.98 Å². The second kappa shape index (κ2) is 7.93. The molecule has 3 rings (SSSR count). The maximum absolute atomic E-state index is 4.71. The number of thiazole rings is 1. The second-order valence-electron chi connectivity index (χ2n) is 5.66. The van der Waals surface area contributed by atoms with Crippen LogP contribution in [0.1, 0.15) is 31.0 Å². The van der Waals surface area contributed by atoms with Gasteiger partial charge in [0.1, 0.15) is 5.01 Å². The number of nitrogens with zero attached hydrogens (tertiary/aromatic N) is 1. The first-order valence-corrected chi connectivity index (χ1v) is 9.06. The van der Waals surface area contributed by atoms with Crippen LogP contribution in [0.25, 0.3) is 10.6 Å². The number of nitrogens with one attached hydrogen (secondary N) is 1. The highest BCUT2D eigenvalue weighted by Gasteiger charge is 2.04. The van der Waals surface area contributed by atoms with E-state index in [-0.39, 0.29) is 0 Å². The lowest BCUT2D eigenvalue weighted by Gasteiger charge is -2.06. The van der Waals surface area contributed by atoms with Gasteiger partial charge in [0, 0.05) is 16.6 Å². The molecule has 0 fully saturated rings. The summed E-state index contributed by atoms with van der Waals surface area (Å²) >= 11 is 1.70. The van der Waals surface area contributed by atoms with Crippen LogP contribution < -0.4 is 5.32 Å². The van der Waals surface area contributed by atoms with Crippen molar-refractivity contribution in [3.63, 3.8) is 0 Å². The summed E-state index contributed by atoms with van der Waals surface area (Å²) in [7, 11) is 0. The molecule has 0 aliphatic heterocycles. The third-order valence-corrected chi connectivity index (χ3v) is 4.76. The Balaban J connectivity index is 1.57. The van der Waals surface area contributed by atoms with Crippen molar-refractivity contribution in [2.24, 2.45) is 0 Å².